The lowest BCUT2D eigenvalue weighted by atomic mass is 9.98. The number of rotatable bonds is 5. The van der Waals surface area contributed by atoms with Gasteiger partial charge in [0.25, 0.3) is 0 Å². The van der Waals surface area contributed by atoms with E-state index in [2.05, 4.69) is 0 Å². The molecule has 2 aromatic carbocycles. The number of nitrogens with zero attached hydrogens (tertiary/aromatic N) is 1. The van der Waals surface area contributed by atoms with Crippen LogP contribution in [0, 0.1) is 5.92 Å². The van der Waals surface area contributed by atoms with E-state index in [4.69, 9.17) is 25.8 Å². The van der Waals surface area contributed by atoms with Gasteiger partial charge in [0.1, 0.15) is 6.61 Å². The summed E-state index contributed by atoms with van der Waals surface area (Å²) in [5.74, 6) is 0.398. The maximum atomic E-state index is 12.7. The largest absolute Gasteiger partial charge is 0.489 e. The Morgan fingerprint density at radius 3 is 2.55 bits per heavy atom. The Labute approximate surface area is 186 Å². The zero-order valence-corrected chi connectivity index (χ0v) is 18.5. The average molecular weight is 466 g/mol. The van der Waals surface area contributed by atoms with Gasteiger partial charge in [-0.1, -0.05) is 29.8 Å². The number of carbonyl (C=O) groups is 1. The van der Waals surface area contributed by atoms with E-state index in [0.717, 1.165) is 6.42 Å². The van der Waals surface area contributed by atoms with Crippen molar-refractivity contribution in [1.82, 2.24) is 4.31 Å². The molecule has 0 unspecified atom stereocenters. The fraction of sp³-hybridized carbons (Fsp3) is 0.409. The lowest BCUT2D eigenvalue weighted by Gasteiger charge is -2.30. The molecule has 0 N–H and O–H groups in total. The van der Waals surface area contributed by atoms with Crippen LogP contribution in [-0.2, 0) is 26.2 Å². The SMILES string of the molecule is O=C(OCc1cc(Cl)c2c(c1)OCCCO2)C1CCN(S(=O)(=O)c2ccccc2)CC1. The molecule has 0 saturated carbocycles. The molecule has 0 spiro atoms. The Bertz CT molecular complexity index is 1040. The van der Waals surface area contributed by atoms with Crippen molar-refractivity contribution in [3.8, 4) is 11.5 Å². The number of esters is 1. The van der Waals surface area contributed by atoms with Crippen LogP contribution in [-0.4, -0.2) is 45.0 Å². The standard InChI is InChI=1S/C22H24ClNO6S/c23-19-13-16(14-20-21(19)29-12-4-11-28-20)15-30-22(25)17-7-9-24(10-8-17)31(26,27)18-5-2-1-3-6-18/h1-3,5-6,13-14,17H,4,7-12,15H2. The van der Waals surface area contributed by atoms with Crippen LogP contribution in [0.5, 0.6) is 11.5 Å². The summed E-state index contributed by atoms with van der Waals surface area (Å²) >= 11 is 6.29. The quantitative estimate of drug-likeness (QED) is 0.627. The summed E-state index contributed by atoms with van der Waals surface area (Å²) in [6.07, 6.45) is 1.62. The molecule has 2 aliphatic rings. The minimum atomic E-state index is -3.54. The minimum absolute atomic E-state index is 0.0672. The van der Waals surface area contributed by atoms with Crippen molar-refractivity contribution >= 4 is 27.6 Å². The molecule has 166 valence electrons. The van der Waals surface area contributed by atoms with Gasteiger partial charge in [-0.2, -0.15) is 4.31 Å². The second-order valence-electron chi connectivity index (χ2n) is 7.55. The molecule has 0 bridgehead atoms. The molecule has 1 saturated heterocycles. The Kier molecular flexibility index (Phi) is 6.69. The second-order valence-corrected chi connectivity index (χ2v) is 9.90. The van der Waals surface area contributed by atoms with E-state index in [9.17, 15) is 13.2 Å². The molecule has 1 fully saturated rings. The number of carbonyl (C=O) groups excluding carboxylic acids is 1. The van der Waals surface area contributed by atoms with Crippen LogP contribution in [0.4, 0.5) is 0 Å². The van der Waals surface area contributed by atoms with E-state index in [0.29, 0.717) is 48.1 Å². The Morgan fingerprint density at radius 1 is 1.10 bits per heavy atom. The first kappa shape index (κ1) is 21.9. The monoisotopic (exact) mass is 465 g/mol. The van der Waals surface area contributed by atoms with Crippen molar-refractivity contribution in [3.05, 3.63) is 53.1 Å². The summed E-state index contributed by atoms with van der Waals surface area (Å²) in [6, 6.07) is 11.8. The van der Waals surface area contributed by atoms with Crippen LogP contribution < -0.4 is 9.47 Å². The molecule has 0 aromatic heterocycles. The molecule has 2 heterocycles. The van der Waals surface area contributed by atoms with Crippen molar-refractivity contribution in [2.45, 2.75) is 30.8 Å². The summed E-state index contributed by atoms with van der Waals surface area (Å²) in [5, 5.41) is 0.421. The minimum Gasteiger partial charge on any atom is -0.489 e. The lowest BCUT2D eigenvalue weighted by Crippen LogP contribution is -2.40. The average Bonchev–Trinajstić information content (AvgIpc) is 3.04. The number of ether oxygens (including phenoxy) is 3. The van der Waals surface area contributed by atoms with Crippen molar-refractivity contribution in [3.63, 3.8) is 0 Å². The van der Waals surface area contributed by atoms with Gasteiger partial charge >= 0.3 is 5.97 Å². The van der Waals surface area contributed by atoms with Gasteiger partial charge in [-0.25, -0.2) is 8.42 Å². The number of sulfonamides is 1. The number of piperidine rings is 1. The predicted octanol–water partition coefficient (Wildman–Crippen LogP) is 3.65. The van der Waals surface area contributed by atoms with E-state index < -0.39 is 10.0 Å². The van der Waals surface area contributed by atoms with Gasteiger partial charge in [-0.3, -0.25) is 4.79 Å². The molecule has 0 aliphatic carbocycles. The maximum absolute atomic E-state index is 12.7. The van der Waals surface area contributed by atoms with Crippen LogP contribution in [0.2, 0.25) is 5.02 Å². The summed E-state index contributed by atoms with van der Waals surface area (Å²) in [4.78, 5) is 12.8. The summed E-state index contributed by atoms with van der Waals surface area (Å²) in [7, 11) is -3.54. The highest BCUT2D eigenvalue weighted by Crippen LogP contribution is 2.38. The van der Waals surface area contributed by atoms with Crippen molar-refractivity contribution < 1.29 is 27.4 Å². The first-order chi connectivity index (χ1) is 14.9. The Hall–Kier alpha value is -2.29. The molecular formula is C22H24ClNO6S. The van der Waals surface area contributed by atoms with Crippen LogP contribution in [0.3, 0.4) is 0 Å². The van der Waals surface area contributed by atoms with Gasteiger partial charge < -0.3 is 14.2 Å². The Morgan fingerprint density at radius 2 is 1.81 bits per heavy atom. The highest BCUT2D eigenvalue weighted by molar-refractivity contribution is 7.89. The molecule has 2 aromatic rings. The summed E-state index contributed by atoms with van der Waals surface area (Å²) in [5.41, 5.74) is 0.715. The molecule has 2 aliphatic heterocycles. The van der Waals surface area contributed by atoms with E-state index >= 15 is 0 Å². The van der Waals surface area contributed by atoms with Crippen LogP contribution in [0.15, 0.2) is 47.4 Å². The van der Waals surface area contributed by atoms with Crippen LogP contribution in [0.25, 0.3) is 0 Å². The second kappa shape index (κ2) is 9.46. The highest BCUT2D eigenvalue weighted by Gasteiger charge is 2.32. The topological polar surface area (TPSA) is 82.1 Å². The van der Waals surface area contributed by atoms with E-state index in [1.54, 1.807) is 42.5 Å². The van der Waals surface area contributed by atoms with Crippen LogP contribution >= 0.6 is 11.6 Å². The van der Waals surface area contributed by atoms with Gasteiger partial charge in [0.05, 0.1) is 29.0 Å². The fourth-order valence-corrected chi connectivity index (χ4v) is 5.49. The van der Waals surface area contributed by atoms with Gasteiger partial charge in [0, 0.05) is 19.5 Å². The smallest absolute Gasteiger partial charge is 0.309 e. The highest BCUT2D eigenvalue weighted by atomic mass is 35.5. The Balaban J connectivity index is 1.33. The zero-order valence-electron chi connectivity index (χ0n) is 17.0. The number of halogens is 1. The maximum Gasteiger partial charge on any atom is 0.309 e. The number of hydrogen-bond acceptors (Lipinski definition) is 6. The molecule has 7 nitrogen and oxygen atoms in total. The lowest BCUT2D eigenvalue weighted by molar-refractivity contribution is -0.151. The van der Waals surface area contributed by atoms with Crippen molar-refractivity contribution in [2.24, 2.45) is 5.92 Å². The fourth-order valence-electron chi connectivity index (χ4n) is 3.71. The first-order valence-electron chi connectivity index (χ1n) is 10.2. The van der Waals surface area contributed by atoms with Gasteiger partial charge in [0.2, 0.25) is 10.0 Å². The predicted molar refractivity (Wildman–Crippen MR) is 115 cm³/mol. The third-order valence-electron chi connectivity index (χ3n) is 5.41. The van der Waals surface area contributed by atoms with Crippen molar-refractivity contribution in [1.29, 1.82) is 0 Å². The van der Waals surface area contributed by atoms with Gasteiger partial charge in [0.15, 0.2) is 11.5 Å². The third kappa shape index (κ3) is 4.97. The van der Waals surface area contributed by atoms with E-state index in [1.807, 2.05) is 0 Å². The number of fused-ring (bicyclic) bond motifs is 1. The molecular weight excluding hydrogens is 442 g/mol. The zero-order chi connectivity index (χ0) is 21.8. The molecule has 9 heteroatoms. The number of hydrogen-bond donors (Lipinski definition) is 0. The summed E-state index contributed by atoms with van der Waals surface area (Å²) < 4.78 is 43.6. The van der Waals surface area contributed by atoms with E-state index in [-0.39, 0.29) is 36.5 Å². The molecule has 0 radical (unpaired) electrons. The molecule has 4 rings (SSSR count). The van der Waals surface area contributed by atoms with Crippen molar-refractivity contribution in [2.75, 3.05) is 26.3 Å². The van der Waals surface area contributed by atoms with Gasteiger partial charge in [-0.05, 0) is 42.7 Å². The molecule has 0 amide bonds. The third-order valence-corrected chi connectivity index (χ3v) is 7.60. The molecule has 31 heavy (non-hydrogen) atoms. The molecule has 0 atom stereocenters. The van der Waals surface area contributed by atoms with E-state index in [1.165, 1.54) is 4.31 Å². The normalized spacial score (nSPS) is 17.7. The first-order valence-corrected chi connectivity index (χ1v) is 12.1. The number of benzene rings is 2. The van der Waals surface area contributed by atoms with Crippen LogP contribution in [0.1, 0.15) is 24.8 Å². The summed E-state index contributed by atoms with van der Waals surface area (Å²) in [6.45, 7) is 1.72. The van der Waals surface area contributed by atoms with Gasteiger partial charge in [-0.15, -0.1) is 0 Å².